The van der Waals surface area contributed by atoms with Crippen LogP contribution in [0.5, 0.6) is 0 Å². The molecular weight excluding hydrogens is 209 g/mol. The summed E-state index contributed by atoms with van der Waals surface area (Å²) in [5.41, 5.74) is 1.47. The van der Waals surface area contributed by atoms with E-state index in [1.54, 1.807) is 11.7 Å². The molecule has 0 radical (unpaired) electrons. The summed E-state index contributed by atoms with van der Waals surface area (Å²) in [7, 11) is 3.42. The minimum atomic E-state index is -0.314. The summed E-state index contributed by atoms with van der Waals surface area (Å²) in [6, 6.07) is 1.91. The first-order chi connectivity index (χ1) is 7.58. The Morgan fingerprint density at radius 2 is 2.12 bits per heavy atom. The summed E-state index contributed by atoms with van der Waals surface area (Å²) in [6.45, 7) is 2.31. The van der Waals surface area contributed by atoms with Crippen molar-refractivity contribution in [3.8, 4) is 0 Å². The molecule has 0 unspecified atom stereocenters. The number of hydrogen-bond donors (Lipinski definition) is 1. The SMILES string of the molecule is Cc1cc(NCc2cnn(C)c2F)n(C)n1. The number of nitrogens with zero attached hydrogens (tertiary/aromatic N) is 4. The minimum Gasteiger partial charge on any atom is -0.366 e. The van der Waals surface area contributed by atoms with Gasteiger partial charge in [0.2, 0.25) is 5.95 Å². The average Bonchev–Trinajstić information content (AvgIpc) is 2.70. The molecule has 0 atom stereocenters. The smallest absolute Gasteiger partial charge is 0.216 e. The topological polar surface area (TPSA) is 47.7 Å². The Labute approximate surface area is 92.9 Å². The normalized spacial score (nSPS) is 10.8. The van der Waals surface area contributed by atoms with Gasteiger partial charge in [-0.1, -0.05) is 0 Å². The Balaban J connectivity index is 2.08. The second-order valence-corrected chi connectivity index (χ2v) is 3.73. The van der Waals surface area contributed by atoms with Gasteiger partial charge in [0.25, 0.3) is 0 Å². The summed E-state index contributed by atoms with van der Waals surface area (Å²) in [5.74, 6) is 0.548. The standard InChI is InChI=1S/C10H14FN5/c1-7-4-9(15(2)14-7)12-5-8-6-13-16(3)10(8)11/h4,6,12H,5H2,1-3H3. The molecule has 0 fully saturated rings. The Morgan fingerprint density at radius 1 is 1.38 bits per heavy atom. The van der Waals surface area contributed by atoms with Crippen molar-refractivity contribution in [3.63, 3.8) is 0 Å². The zero-order valence-corrected chi connectivity index (χ0v) is 9.53. The molecule has 2 rings (SSSR count). The lowest BCUT2D eigenvalue weighted by Gasteiger charge is -2.04. The fraction of sp³-hybridized carbons (Fsp3) is 0.400. The molecule has 2 aromatic rings. The lowest BCUT2D eigenvalue weighted by Crippen LogP contribution is -2.05. The highest BCUT2D eigenvalue weighted by molar-refractivity contribution is 5.37. The minimum absolute atomic E-state index is 0.314. The molecule has 0 spiro atoms. The second-order valence-electron chi connectivity index (χ2n) is 3.73. The quantitative estimate of drug-likeness (QED) is 0.851. The first-order valence-electron chi connectivity index (χ1n) is 4.99. The van der Waals surface area contributed by atoms with E-state index in [-0.39, 0.29) is 5.95 Å². The zero-order valence-electron chi connectivity index (χ0n) is 9.53. The van der Waals surface area contributed by atoms with E-state index >= 15 is 0 Å². The first kappa shape index (κ1) is 10.7. The fourth-order valence-corrected chi connectivity index (χ4v) is 1.55. The van der Waals surface area contributed by atoms with Gasteiger partial charge in [0.05, 0.1) is 11.9 Å². The van der Waals surface area contributed by atoms with Crippen molar-refractivity contribution in [1.82, 2.24) is 19.6 Å². The van der Waals surface area contributed by atoms with Crippen molar-refractivity contribution < 1.29 is 4.39 Å². The van der Waals surface area contributed by atoms with E-state index in [0.29, 0.717) is 12.1 Å². The van der Waals surface area contributed by atoms with Crippen LogP contribution in [-0.2, 0) is 20.6 Å². The molecule has 5 nitrogen and oxygen atoms in total. The van der Waals surface area contributed by atoms with Crippen molar-refractivity contribution in [2.75, 3.05) is 5.32 Å². The van der Waals surface area contributed by atoms with Gasteiger partial charge in [0, 0.05) is 32.3 Å². The van der Waals surface area contributed by atoms with Crippen LogP contribution in [0.15, 0.2) is 12.3 Å². The maximum atomic E-state index is 13.4. The van der Waals surface area contributed by atoms with Crippen LogP contribution >= 0.6 is 0 Å². The van der Waals surface area contributed by atoms with Crippen molar-refractivity contribution in [1.29, 1.82) is 0 Å². The molecule has 6 heteroatoms. The van der Waals surface area contributed by atoms with Crippen LogP contribution in [0.25, 0.3) is 0 Å². The van der Waals surface area contributed by atoms with E-state index in [1.807, 2.05) is 20.0 Å². The summed E-state index contributed by atoms with van der Waals surface area (Å²) in [6.07, 6.45) is 1.52. The van der Waals surface area contributed by atoms with Gasteiger partial charge in [-0.05, 0) is 6.92 Å². The number of rotatable bonds is 3. The van der Waals surface area contributed by atoms with E-state index in [9.17, 15) is 4.39 Å². The third kappa shape index (κ3) is 1.91. The number of aryl methyl sites for hydroxylation is 3. The zero-order chi connectivity index (χ0) is 11.7. The predicted molar refractivity (Wildman–Crippen MR) is 58.4 cm³/mol. The molecule has 86 valence electrons. The number of halogens is 1. The number of nitrogens with one attached hydrogen (secondary N) is 1. The molecule has 16 heavy (non-hydrogen) atoms. The summed E-state index contributed by atoms with van der Waals surface area (Å²) in [4.78, 5) is 0. The lowest BCUT2D eigenvalue weighted by atomic mass is 10.3. The molecule has 0 aliphatic carbocycles. The fourth-order valence-electron chi connectivity index (χ4n) is 1.55. The van der Waals surface area contributed by atoms with Gasteiger partial charge < -0.3 is 5.32 Å². The number of hydrogen-bond acceptors (Lipinski definition) is 3. The van der Waals surface area contributed by atoms with Crippen LogP contribution in [0, 0.1) is 12.9 Å². The van der Waals surface area contributed by atoms with Crippen LogP contribution in [0.4, 0.5) is 10.2 Å². The van der Waals surface area contributed by atoms with E-state index < -0.39 is 0 Å². The third-order valence-corrected chi connectivity index (χ3v) is 2.40. The van der Waals surface area contributed by atoms with Crippen molar-refractivity contribution in [2.24, 2.45) is 14.1 Å². The lowest BCUT2D eigenvalue weighted by molar-refractivity contribution is 0.496. The van der Waals surface area contributed by atoms with Crippen molar-refractivity contribution >= 4 is 5.82 Å². The van der Waals surface area contributed by atoms with Crippen molar-refractivity contribution in [2.45, 2.75) is 13.5 Å². The highest BCUT2D eigenvalue weighted by Gasteiger charge is 2.08. The summed E-state index contributed by atoms with van der Waals surface area (Å²) < 4.78 is 16.3. The molecule has 0 amide bonds. The number of aromatic nitrogens is 4. The molecule has 1 N–H and O–H groups in total. The van der Waals surface area contributed by atoms with E-state index in [4.69, 9.17) is 0 Å². The molecule has 0 aromatic carbocycles. The monoisotopic (exact) mass is 223 g/mol. The van der Waals surface area contributed by atoms with Gasteiger partial charge in [0.1, 0.15) is 5.82 Å². The Bertz CT molecular complexity index is 497. The van der Waals surface area contributed by atoms with Crippen molar-refractivity contribution in [3.05, 3.63) is 29.5 Å². The Hall–Kier alpha value is -1.85. The first-order valence-corrected chi connectivity index (χ1v) is 4.99. The van der Waals surface area contributed by atoms with Gasteiger partial charge >= 0.3 is 0 Å². The molecule has 0 aliphatic rings. The van der Waals surface area contributed by atoms with Gasteiger partial charge in [-0.2, -0.15) is 14.6 Å². The Kier molecular flexibility index (Phi) is 2.64. The average molecular weight is 223 g/mol. The second kappa shape index (κ2) is 3.96. The molecule has 0 saturated carbocycles. The van der Waals surface area contributed by atoms with E-state index in [2.05, 4.69) is 15.5 Å². The predicted octanol–water partition coefficient (Wildman–Crippen LogP) is 1.21. The van der Waals surface area contributed by atoms with Gasteiger partial charge in [0.15, 0.2) is 0 Å². The largest absolute Gasteiger partial charge is 0.366 e. The molecule has 2 aromatic heterocycles. The van der Waals surface area contributed by atoms with Gasteiger partial charge in [-0.25, -0.2) is 4.68 Å². The summed E-state index contributed by atoms with van der Waals surface area (Å²) in [5, 5.41) is 11.1. The number of anilines is 1. The van der Waals surface area contributed by atoms with E-state index in [0.717, 1.165) is 11.5 Å². The highest BCUT2D eigenvalue weighted by atomic mass is 19.1. The van der Waals surface area contributed by atoms with E-state index in [1.165, 1.54) is 10.9 Å². The van der Waals surface area contributed by atoms with Crippen LogP contribution in [0.2, 0.25) is 0 Å². The Morgan fingerprint density at radius 3 is 2.62 bits per heavy atom. The molecule has 0 aliphatic heterocycles. The van der Waals surface area contributed by atoms with Gasteiger partial charge in [-0.3, -0.25) is 4.68 Å². The molecule has 2 heterocycles. The van der Waals surface area contributed by atoms with Crippen LogP contribution in [-0.4, -0.2) is 19.6 Å². The maximum Gasteiger partial charge on any atom is 0.216 e. The molecular formula is C10H14FN5. The molecule has 0 saturated heterocycles. The van der Waals surface area contributed by atoms with Crippen LogP contribution in [0.1, 0.15) is 11.3 Å². The highest BCUT2D eigenvalue weighted by Crippen LogP contribution is 2.11. The van der Waals surface area contributed by atoms with Gasteiger partial charge in [-0.15, -0.1) is 0 Å². The third-order valence-electron chi connectivity index (χ3n) is 2.40. The summed E-state index contributed by atoms with van der Waals surface area (Å²) >= 11 is 0. The van der Waals surface area contributed by atoms with Crippen LogP contribution in [0.3, 0.4) is 0 Å². The van der Waals surface area contributed by atoms with Crippen LogP contribution < -0.4 is 5.32 Å². The molecule has 0 bridgehead atoms. The maximum absolute atomic E-state index is 13.4.